The highest BCUT2D eigenvalue weighted by Gasteiger charge is 2.18. The summed E-state index contributed by atoms with van der Waals surface area (Å²) in [6.45, 7) is 10.7. The van der Waals surface area contributed by atoms with Gasteiger partial charge in [0.25, 0.3) is 0 Å². The van der Waals surface area contributed by atoms with E-state index in [9.17, 15) is 0 Å². The van der Waals surface area contributed by atoms with Gasteiger partial charge in [0.1, 0.15) is 0 Å². The van der Waals surface area contributed by atoms with Gasteiger partial charge in [0.2, 0.25) is 0 Å². The molecule has 1 rings (SSSR count). The minimum Gasteiger partial charge on any atom is -0.326 e. The number of hydrogen-bond donors (Lipinski definition) is 2. The maximum atomic E-state index is 6.09. The Morgan fingerprint density at radius 1 is 1.17 bits per heavy atom. The highest BCUT2D eigenvalue weighted by Crippen LogP contribution is 2.28. The van der Waals surface area contributed by atoms with Gasteiger partial charge in [-0.3, -0.25) is 0 Å². The highest BCUT2D eigenvalue weighted by atomic mass is 14.9. The van der Waals surface area contributed by atoms with Gasteiger partial charge in [0.05, 0.1) is 0 Å². The Morgan fingerprint density at radius 2 is 1.67 bits per heavy atom. The lowest BCUT2D eigenvalue weighted by molar-refractivity contribution is 0.409. The Morgan fingerprint density at radius 3 is 2.06 bits per heavy atom. The molecule has 0 saturated heterocycles. The zero-order valence-electron chi connectivity index (χ0n) is 12.7. The van der Waals surface area contributed by atoms with Gasteiger partial charge in [-0.2, -0.15) is 0 Å². The molecule has 1 aromatic rings. The maximum absolute atomic E-state index is 6.09. The van der Waals surface area contributed by atoms with E-state index in [0.29, 0.717) is 6.04 Å². The van der Waals surface area contributed by atoms with Crippen LogP contribution in [-0.2, 0) is 0 Å². The van der Waals surface area contributed by atoms with Gasteiger partial charge in [-0.25, -0.2) is 0 Å². The van der Waals surface area contributed by atoms with E-state index in [-0.39, 0.29) is 5.54 Å². The zero-order valence-corrected chi connectivity index (χ0v) is 12.7. The van der Waals surface area contributed by atoms with Crippen LogP contribution in [0, 0.1) is 20.8 Å². The maximum Gasteiger partial charge on any atom is 0.0323 e. The van der Waals surface area contributed by atoms with E-state index in [0.717, 1.165) is 12.8 Å². The van der Waals surface area contributed by atoms with Gasteiger partial charge < -0.3 is 11.1 Å². The molecule has 1 unspecified atom stereocenters. The van der Waals surface area contributed by atoms with Crippen LogP contribution >= 0.6 is 0 Å². The number of hydrogen-bond acceptors (Lipinski definition) is 2. The van der Waals surface area contributed by atoms with Crippen LogP contribution in [0.2, 0.25) is 0 Å². The van der Waals surface area contributed by atoms with Crippen LogP contribution in [0.5, 0.6) is 0 Å². The molecule has 0 radical (unpaired) electrons. The van der Waals surface area contributed by atoms with Crippen molar-refractivity contribution in [2.24, 2.45) is 5.73 Å². The van der Waals surface area contributed by atoms with Crippen LogP contribution in [-0.4, -0.2) is 12.6 Å². The fourth-order valence-electron chi connectivity index (χ4n) is 2.69. The Hall–Kier alpha value is -0.860. The third-order valence-corrected chi connectivity index (χ3v) is 3.51. The van der Waals surface area contributed by atoms with Gasteiger partial charge in [-0.05, 0) is 71.2 Å². The number of aryl methyl sites for hydroxylation is 3. The molecule has 18 heavy (non-hydrogen) atoms. The van der Waals surface area contributed by atoms with Crippen molar-refractivity contribution in [2.45, 2.75) is 59.0 Å². The van der Waals surface area contributed by atoms with Crippen LogP contribution in [0.25, 0.3) is 0 Å². The van der Waals surface area contributed by atoms with E-state index in [1.165, 1.54) is 22.3 Å². The van der Waals surface area contributed by atoms with Crippen molar-refractivity contribution in [1.82, 2.24) is 5.32 Å². The van der Waals surface area contributed by atoms with Crippen LogP contribution < -0.4 is 11.1 Å². The lowest BCUT2D eigenvalue weighted by Crippen LogP contribution is -2.33. The van der Waals surface area contributed by atoms with E-state index in [4.69, 9.17) is 5.73 Å². The minimum absolute atomic E-state index is 0.0956. The molecular weight excluding hydrogens is 220 g/mol. The van der Waals surface area contributed by atoms with Crippen molar-refractivity contribution in [1.29, 1.82) is 0 Å². The van der Waals surface area contributed by atoms with Crippen LogP contribution in [0.15, 0.2) is 12.1 Å². The SMILES string of the molecule is CNC(CCC(C)(C)N)c1c(C)cc(C)cc1C. The van der Waals surface area contributed by atoms with Gasteiger partial charge in [-0.1, -0.05) is 17.7 Å². The molecule has 0 aliphatic carbocycles. The van der Waals surface area contributed by atoms with Crippen molar-refractivity contribution < 1.29 is 0 Å². The van der Waals surface area contributed by atoms with E-state index in [1.807, 2.05) is 7.05 Å². The molecule has 0 fully saturated rings. The first-order valence-electron chi connectivity index (χ1n) is 6.78. The van der Waals surface area contributed by atoms with Crippen LogP contribution in [0.1, 0.15) is 55.0 Å². The fraction of sp³-hybridized carbons (Fsp3) is 0.625. The Labute approximate surface area is 112 Å². The topological polar surface area (TPSA) is 38.0 Å². The summed E-state index contributed by atoms with van der Waals surface area (Å²) >= 11 is 0. The summed E-state index contributed by atoms with van der Waals surface area (Å²) in [5.74, 6) is 0. The van der Waals surface area contributed by atoms with Crippen molar-refractivity contribution in [2.75, 3.05) is 7.05 Å². The third kappa shape index (κ3) is 4.11. The summed E-state index contributed by atoms with van der Waals surface area (Å²) in [4.78, 5) is 0. The second kappa shape index (κ2) is 5.85. The molecule has 0 heterocycles. The van der Waals surface area contributed by atoms with Gasteiger partial charge in [0.15, 0.2) is 0 Å². The van der Waals surface area contributed by atoms with Gasteiger partial charge in [0, 0.05) is 11.6 Å². The molecule has 0 aliphatic heterocycles. The second-order valence-electron chi connectivity index (χ2n) is 6.18. The molecule has 2 heteroatoms. The molecule has 1 aromatic carbocycles. The highest BCUT2D eigenvalue weighted by molar-refractivity contribution is 5.39. The molecule has 1 atom stereocenters. The van der Waals surface area contributed by atoms with Crippen molar-refractivity contribution in [3.63, 3.8) is 0 Å². The third-order valence-electron chi connectivity index (χ3n) is 3.51. The monoisotopic (exact) mass is 248 g/mol. The van der Waals surface area contributed by atoms with Crippen molar-refractivity contribution >= 4 is 0 Å². The average Bonchev–Trinajstić information content (AvgIpc) is 2.20. The molecule has 0 amide bonds. The van der Waals surface area contributed by atoms with Crippen LogP contribution in [0.4, 0.5) is 0 Å². The van der Waals surface area contributed by atoms with Crippen molar-refractivity contribution in [3.05, 3.63) is 34.4 Å². The van der Waals surface area contributed by atoms with E-state index < -0.39 is 0 Å². The lowest BCUT2D eigenvalue weighted by atomic mass is 9.88. The summed E-state index contributed by atoms with van der Waals surface area (Å²) in [5, 5.41) is 3.44. The number of nitrogens with two attached hydrogens (primary N) is 1. The Bertz CT molecular complexity index is 379. The molecule has 0 bridgehead atoms. The van der Waals surface area contributed by atoms with E-state index in [1.54, 1.807) is 0 Å². The fourth-order valence-corrected chi connectivity index (χ4v) is 2.69. The number of benzene rings is 1. The smallest absolute Gasteiger partial charge is 0.0323 e. The zero-order chi connectivity index (χ0) is 13.9. The predicted octanol–water partition coefficient (Wildman–Crippen LogP) is 3.39. The summed E-state index contributed by atoms with van der Waals surface area (Å²) < 4.78 is 0. The molecule has 102 valence electrons. The standard InChI is InChI=1S/C16H28N2/c1-11-9-12(2)15(13(3)10-11)14(18-6)7-8-16(4,5)17/h9-10,14,18H,7-8,17H2,1-6H3. The second-order valence-corrected chi connectivity index (χ2v) is 6.18. The normalized spacial score (nSPS) is 13.7. The van der Waals surface area contributed by atoms with Gasteiger partial charge >= 0.3 is 0 Å². The quantitative estimate of drug-likeness (QED) is 0.838. The molecule has 0 aliphatic rings. The Balaban J connectivity index is 2.95. The number of rotatable bonds is 5. The largest absolute Gasteiger partial charge is 0.326 e. The first kappa shape index (κ1) is 15.2. The average molecular weight is 248 g/mol. The summed E-state index contributed by atoms with van der Waals surface area (Å²) in [6, 6.07) is 4.92. The van der Waals surface area contributed by atoms with E-state index in [2.05, 4.69) is 52.1 Å². The molecule has 2 nitrogen and oxygen atoms in total. The summed E-state index contributed by atoms with van der Waals surface area (Å²) in [6.07, 6.45) is 2.09. The molecule has 0 saturated carbocycles. The Kier molecular flexibility index (Phi) is 4.94. The summed E-state index contributed by atoms with van der Waals surface area (Å²) in [5.41, 5.74) is 11.5. The number of nitrogens with one attached hydrogen (secondary N) is 1. The van der Waals surface area contributed by atoms with Gasteiger partial charge in [-0.15, -0.1) is 0 Å². The lowest BCUT2D eigenvalue weighted by Gasteiger charge is -2.26. The van der Waals surface area contributed by atoms with Crippen molar-refractivity contribution in [3.8, 4) is 0 Å². The predicted molar refractivity (Wildman–Crippen MR) is 80.0 cm³/mol. The first-order valence-corrected chi connectivity index (χ1v) is 6.78. The molecule has 0 aromatic heterocycles. The molecular formula is C16H28N2. The van der Waals surface area contributed by atoms with E-state index >= 15 is 0 Å². The summed E-state index contributed by atoms with van der Waals surface area (Å²) in [7, 11) is 2.03. The minimum atomic E-state index is -0.0956. The molecule has 3 N–H and O–H groups in total. The molecule has 0 spiro atoms. The first-order chi connectivity index (χ1) is 8.24. The van der Waals surface area contributed by atoms with Crippen LogP contribution in [0.3, 0.4) is 0 Å².